The molecule has 2 nitrogen and oxygen atoms in total. The molecule has 0 saturated heterocycles. The first kappa shape index (κ1) is 16.1. The van der Waals surface area contributed by atoms with Crippen LogP contribution in [-0.4, -0.2) is 32.2 Å². The molecule has 0 fully saturated rings. The molecule has 6 heteroatoms. The Labute approximate surface area is 123 Å². The molecule has 0 spiro atoms. The third kappa shape index (κ3) is 4.02. The molecule has 1 aromatic carbocycles. The Kier molecular flexibility index (Phi) is 5.78. The highest BCUT2D eigenvalue weighted by molar-refractivity contribution is 7.90. The van der Waals surface area contributed by atoms with E-state index in [9.17, 15) is 8.42 Å². The fourth-order valence-electron chi connectivity index (χ4n) is 1.72. The Morgan fingerprint density at radius 3 is 2.17 bits per heavy atom. The number of hydrogen-bond acceptors (Lipinski definition) is 2. The van der Waals surface area contributed by atoms with Crippen LogP contribution in [-0.2, 0) is 15.3 Å². The Bertz CT molecular complexity index is 496. The Morgan fingerprint density at radius 1 is 1.17 bits per heavy atom. The predicted octanol–water partition coefficient (Wildman–Crippen LogP) is 3.49. The van der Waals surface area contributed by atoms with Crippen LogP contribution in [0, 0.1) is 0 Å². The molecule has 0 aliphatic carbocycles. The first-order valence-corrected chi connectivity index (χ1v) is 8.90. The Morgan fingerprint density at radius 2 is 1.72 bits per heavy atom. The molecule has 0 saturated carbocycles. The average molecular weight is 330 g/mol. The van der Waals surface area contributed by atoms with Crippen molar-refractivity contribution < 1.29 is 8.42 Å². The molecule has 0 aliphatic rings. The summed E-state index contributed by atoms with van der Waals surface area (Å²) in [5.74, 6) is 0.503. The van der Waals surface area contributed by atoms with Crippen molar-refractivity contribution in [2.75, 3.05) is 23.8 Å². The number of rotatable bonds is 6. The molecule has 1 rings (SSSR count). The van der Waals surface area contributed by atoms with Crippen molar-refractivity contribution in [2.24, 2.45) is 0 Å². The van der Waals surface area contributed by atoms with Crippen LogP contribution in [0.5, 0.6) is 0 Å². The van der Waals surface area contributed by atoms with Crippen molar-refractivity contribution in [1.82, 2.24) is 0 Å². The van der Waals surface area contributed by atoms with E-state index in [-0.39, 0.29) is 17.5 Å². The van der Waals surface area contributed by atoms with Crippen molar-refractivity contribution in [3.63, 3.8) is 0 Å². The first-order valence-electron chi connectivity index (χ1n) is 5.39. The summed E-state index contributed by atoms with van der Waals surface area (Å²) in [5.41, 5.74) is 0.199. The number of hydrogen-bond donors (Lipinski definition) is 0. The van der Waals surface area contributed by atoms with Gasteiger partial charge >= 0.3 is 0 Å². The minimum atomic E-state index is -3.06. The maximum atomic E-state index is 11.3. The molecule has 0 atom stereocenters. The lowest BCUT2D eigenvalue weighted by Gasteiger charge is -2.30. The lowest BCUT2D eigenvalue weighted by atomic mass is 9.81. The molecule has 0 heterocycles. The highest BCUT2D eigenvalue weighted by Gasteiger charge is 2.33. The molecule has 0 aromatic heterocycles. The van der Waals surface area contributed by atoms with Gasteiger partial charge in [0.2, 0.25) is 0 Å². The van der Waals surface area contributed by atoms with Gasteiger partial charge in [0.05, 0.1) is 5.75 Å². The Hall–Kier alpha value is 0.0400. The van der Waals surface area contributed by atoms with Crippen molar-refractivity contribution in [3.05, 3.63) is 34.9 Å². The van der Waals surface area contributed by atoms with Crippen LogP contribution in [0.4, 0.5) is 0 Å². The van der Waals surface area contributed by atoms with Crippen LogP contribution >= 0.6 is 34.8 Å². The highest BCUT2D eigenvalue weighted by atomic mass is 35.5. The van der Waals surface area contributed by atoms with Gasteiger partial charge in [0.25, 0.3) is 0 Å². The molecule has 18 heavy (non-hydrogen) atoms. The monoisotopic (exact) mass is 328 g/mol. The van der Waals surface area contributed by atoms with Crippen LogP contribution in [0.1, 0.15) is 12.0 Å². The van der Waals surface area contributed by atoms with E-state index in [1.54, 1.807) is 6.07 Å². The third-order valence-corrected chi connectivity index (χ3v) is 5.21. The summed E-state index contributed by atoms with van der Waals surface area (Å²) in [7, 11) is -3.06. The van der Waals surface area contributed by atoms with Gasteiger partial charge in [0, 0.05) is 28.5 Å². The van der Waals surface area contributed by atoms with Crippen molar-refractivity contribution in [1.29, 1.82) is 0 Å². The van der Waals surface area contributed by atoms with Gasteiger partial charge in [-0.1, -0.05) is 29.8 Å². The van der Waals surface area contributed by atoms with Gasteiger partial charge in [-0.25, -0.2) is 8.42 Å². The molecular formula is C12H15Cl3O2S. The maximum Gasteiger partial charge on any atom is 0.147 e. The summed E-state index contributed by atoms with van der Waals surface area (Å²) in [6, 6.07) is 7.26. The van der Waals surface area contributed by atoms with E-state index in [0.29, 0.717) is 11.4 Å². The average Bonchev–Trinajstić information content (AvgIpc) is 2.31. The van der Waals surface area contributed by atoms with Crippen LogP contribution in [0.25, 0.3) is 0 Å². The van der Waals surface area contributed by atoms with E-state index in [4.69, 9.17) is 34.8 Å². The van der Waals surface area contributed by atoms with Gasteiger partial charge in [-0.2, -0.15) is 0 Å². The molecule has 0 radical (unpaired) electrons. The fraction of sp³-hybridized carbons (Fsp3) is 0.500. The van der Waals surface area contributed by atoms with Crippen LogP contribution in [0.2, 0.25) is 5.02 Å². The Balaban J connectivity index is 3.11. The second-order valence-corrected chi connectivity index (χ2v) is 7.61. The number of alkyl halides is 2. The molecule has 1 aromatic rings. The third-order valence-electron chi connectivity index (χ3n) is 2.91. The summed E-state index contributed by atoms with van der Waals surface area (Å²) in [6.07, 6.45) is 1.56. The summed E-state index contributed by atoms with van der Waals surface area (Å²) in [5, 5.41) is 0.562. The van der Waals surface area contributed by atoms with Gasteiger partial charge in [-0.3, -0.25) is 0 Å². The summed E-state index contributed by atoms with van der Waals surface area (Å²) in [6.45, 7) is 0. The molecular weight excluding hydrogens is 315 g/mol. The minimum Gasteiger partial charge on any atom is -0.229 e. The van der Waals surface area contributed by atoms with Crippen LogP contribution in [0.15, 0.2) is 24.3 Å². The van der Waals surface area contributed by atoms with Crippen LogP contribution in [0.3, 0.4) is 0 Å². The standard InChI is InChI=1S/C12H15Cl3O2S/c1-18(16,17)7-6-12(8-13,9-14)10-4-2-3-5-11(10)15/h2-5H,6-9H2,1H3. The van der Waals surface area contributed by atoms with E-state index in [1.807, 2.05) is 18.2 Å². The predicted molar refractivity (Wildman–Crippen MR) is 78.9 cm³/mol. The smallest absolute Gasteiger partial charge is 0.147 e. The number of sulfone groups is 1. The molecule has 0 unspecified atom stereocenters. The molecule has 0 aliphatic heterocycles. The van der Waals surface area contributed by atoms with Gasteiger partial charge in [-0.05, 0) is 18.1 Å². The van der Waals surface area contributed by atoms with E-state index in [1.165, 1.54) is 6.26 Å². The molecule has 0 bridgehead atoms. The molecule has 0 amide bonds. The largest absolute Gasteiger partial charge is 0.229 e. The topological polar surface area (TPSA) is 34.1 Å². The zero-order chi connectivity index (χ0) is 13.8. The first-order chi connectivity index (χ1) is 8.34. The van der Waals surface area contributed by atoms with E-state index in [0.717, 1.165) is 5.56 Å². The maximum absolute atomic E-state index is 11.3. The van der Waals surface area contributed by atoms with Crippen LogP contribution < -0.4 is 0 Å². The van der Waals surface area contributed by atoms with Gasteiger partial charge in [0.1, 0.15) is 9.84 Å². The molecule has 102 valence electrons. The highest BCUT2D eigenvalue weighted by Crippen LogP contribution is 2.36. The summed E-state index contributed by atoms with van der Waals surface area (Å²) < 4.78 is 22.6. The lowest BCUT2D eigenvalue weighted by Crippen LogP contribution is -2.33. The number of benzene rings is 1. The van der Waals surface area contributed by atoms with E-state index < -0.39 is 15.3 Å². The van der Waals surface area contributed by atoms with E-state index >= 15 is 0 Å². The van der Waals surface area contributed by atoms with Crippen molar-refractivity contribution in [3.8, 4) is 0 Å². The number of halogens is 3. The van der Waals surface area contributed by atoms with Gasteiger partial charge < -0.3 is 0 Å². The molecule has 0 N–H and O–H groups in total. The second kappa shape index (κ2) is 6.47. The summed E-state index contributed by atoms with van der Waals surface area (Å²) >= 11 is 18.2. The summed E-state index contributed by atoms with van der Waals surface area (Å²) in [4.78, 5) is 0. The van der Waals surface area contributed by atoms with E-state index in [2.05, 4.69) is 0 Å². The zero-order valence-corrected chi connectivity index (χ0v) is 13.1. The minimum absolute atomic E-state index is 0.0393. The van der Waals surface area contributed by atoms with Gasteiger partial charge in [-0.15, -0.1) is 23.2 Å². The normalized spacial score (nSPS) is 12.7. The second-order valence-electron chi connectivity index (χ2n) is 4.41. The zero-order valence-electron chi connectivity index (χ0n) is 10.00. The van der Waals surface area contributed by atoms with Crippen molar-refractivity contribution in [2.45, 2.75) is 11.8 Å². The fourth-order valence-corrected chi connectivity index (χ4v) is 3.66. The SMILES string of the molecule is CS(=O)(=O)CCC(CCl)(CCl)c1ccccc1Cl. The lowest BCUT2D eigenvalue weighted by molar-refractivity contribution is 0.513. The quantitative estimate of drug-likeness (QED) is 0.749. The van der Waals surface area contributed by atoms with Crippen molar-refractivity contribution >= 4 is 44.6 Å². The van der Waals surface area contributed by atoms with Gasteiger partial charge in [0.15, 0.2) is 0 Å².